The number of aromatic amines is 1. The van der Waals surface area contributed by atoms with Gasteiger partial charge in [0.05, 0.1) is 11.0 Å². The van der Waals surface area contributed by atoms with E-state index in [1.54, 1.807) is 45.0 Å². The van der Waals surface area contributed by atoms with Gasteiger partial charge in [0.2, 0.25) is 5.78 Å². The second-order valence-electron chi connectivity index (χ2n) is 9.51. The van der Waals surface area contributed by atoms with Gasteiger partial charge in [-0.1, -0.05) is 45.0 Å². The van der Waals surface area contributed by atoms with Crippen molar-refractivity contribution in [2.75, 3.05) is 0 Å². The number of H-pyrrole nitrogens is 1. The van der Waals surface area contributed by atoms with Crippen molar-refractivity contribution in [3.63, 3.8) is 0 Å². The summed E-state index contributed by atoms with van der Waals surface area (Å²) in [6, 6.07) is 14.5. The van der Waals surface area contributed by atoms with Crippen molar-refractivity contribution >= 4 is 44.0 Å². The summed E-state index contributed by atoms with van der Waals surface area (Å²) in [5.74, 6) is -3.61. The van der Waals surface area contributed by atoms with Gasteiger partial charge in [0.25, 0.3) is 10.0 Å². The molecule has 0 amide bonds. The summed E-state index contributed by atoms with van der Waals surface area (Å²) < 4.78 is 57.9. The Balaban J connectivity index is 1.91. The molecule has 11 heteroatoms. The first kappa shape index (κ1) is 26.7. The van der Waals surface area contributed by atoms with Crippen molar-refractivity contribution in [3.8, 4) is 0 Å². The first-order chi connectivity index (χ1) is 17.8. The number of hydrogen-bond donors (Lipinski definition) is 3. The molecular formula is C27H24F2N4O4S. The Morgan fingerprint density at radius 3 is 2.37 bits per heavy atom. The number of amidine groups is 1. The molecule has 8 nitrogen and oxygen atoms in total. The lowest BCUT2D eigenvalue weighted by Gasteiger charge is -2.17. The average molecular weight is 539 g/mol. The standard InChI is InChI=1S/C27H24F2N4O4S/c1-27(2,3)26(30)33-38(36,37)21-14-16(11-12-18(21)29)24(35)22(23(34)15-7-6-8-17(28)13-15)25-31-19-9-4-5-10-20(19)32-25/h4-14,34H,1-3H3,(H2,30,33)(H,31,32)/b23-22-. The van der Waals surface area contributed by atoms with E-state index in [2.05, 4.69) is 14.4 Å². The monoisotopic (exact) mass is 538 g/mol. The van der Waals surface area contributed by atoms with Gasteiger partial charge in [0.15, 0.2) is 0 Å². The van der Waals surface area contributed by atoms with Crippen LogP contribution < -0.4 is 5.73 Å². The van der Waals surface area contributed by atoms with E-state index in [-0.39, 0.29) is 28.4 Å². The molecule has 1 aromatic heterocycles. The van der Waals surface area contributed by atoms with Crippen LogP contribution in [0.3, 0.4) is 0 Å². The van der Waals surface area contributed by atoms with Crippen LogP contribution >= 0.6 is 0 Å². The number of sulfonamides is 1. The molecule has 0 radical (unpaired) electrons. The molecule has 0 fully saturated rings. The Labute approximate surface area is 217 Å². The van der Waals surface area contributed by atoms with Gasteiger partial charge in [-0.25, -0.2) is 13.8 Å². The van der Waals surface area contributed by atoms with Gasteiger partial charge in [-0.2, -0.15) is 8.42 Å². The van der Waals surface area contributed by atoms with Gasteiger partial charge in [-0.05, 0) is 42.5 Å². The molecule has 0 saturated heterocycles. The maximum Gasteiger partial charge on any atom is 0.286 e. The largest absolute Gasteiger partial charge is 0.506 e. The molecule has 196 valence electrons. The second kappa shape index (κ2) is 9.82. The number of fused-ring (bicyclic) bond motifs is 1. The summed E-state index contributed by atoms with van der Waals surface area (Å²) in [5, 5.41) is 11.1. The molecule has 0 atom stereocenters. The summed E-state index contributed by atoms with van der Waals surface area (Å²) in [6.45, 7) is 4.91. The van der Waals surface area contributed by atoms with Crippen molar-refractivity contribution in [2.45, 2.75) is 25.7 Å². The molecule has 38 heavy (non-hydrogen) atoms. The highest BCUT2D eigenvalue weighted by atomic mass is 32.2. The average Bonchev–Trinajstić information content (AvgIpc) is 3.27. The number of carbonyl (C=O) groups is 1. The number of aliphatic hydroxyl groups excluding tert-OH is 1. The van der Waals surface area contributed by atoms with Gasteiger partial charge in [0.1, 0.15) is 39.5 Å². The number of rotatable bonds is 6. The highest BCUT2D eigenvalue weighted by Gasteiger charge is 2.28. The second-order valence-corrected chi connectivity index (χ2v) is 11.1. The van der Waals surface area contributed by atoms with Crippen LogP contribution in [0.2, 0.25) is 0 Å². The number of aliphatic hydroxyl groups is 1. The van der Waals surface area contributed by atoms with Crippen LogP contribution in [0.15, 0.2) is 76.0 Å². The van der Waals surface area contributed by atoms with E-state index in [0.29, 0.717) is 11.0 Å². The van der Waals surface area contributed by atoms with Crippen LogP contribution in [0.5, 0.6) is 0 Å². The highest BCUT2D eigenvalue weighted by molar-refractivity contribution is 7.90. The molecule has 4 aromatic rings. The number of aromatic nitrogens is 2. The fraction of sp³-hybridized carbons (Fsp3) is 0.148. The zero-order valence-electron chi connectivity index (χ0n) is 20.7. The van der Waals surface area contributed by atoms with Gasteiger partial charge in [-0.15, -0.1) is 4.40 Å². The number of halogens is 2. The third-order valence-electron chi connectivity index (χ3n) is 5.65. The number of carbonyl (C=O) groups excluding carboxylic acids is 1. The number of hydrogen-bond acceptors (Lipinski definition) is 5. The maximum atomic E-state index is 14.7. The Kier molecular flexibility index (Phi) is 6.90. The highest BCUT2D eigenvalue weighted by Crippen LogP contribution is 2.30. The number of ketones is 1. The van der Waals surface area contributed by atoms with E-state index < -0.39 is 43.5 Å². The molecule has 0 aliphatic heterocycles. The van der Waals surface area contributed by atoms with E-state index in [1.807, 2.05) is 0 Å². The lowest BCUT2D eigenvalue weighted by Crippen LogP contribution is -2.30. The SMILES string of the molecule is CC(C)(C)/C(N)=N/S(=O)(=O)c1cc(C(=O)/C(=C(/O)c2cccc(F)c2)c2nc3ccccc3[nH]2)ccc1F. The molecule has 1 heterocycles. The van der Waals surface area contributed by atoms with Crippen LogP contribution in [-0.4, -0.2) is 35.1 Å². The van der Waals surface area contributed by atoms with Crippen molar-refractivity contribution in [1.82, 2.24) is 9.97 Å². The van der Waals surface area contributed by atoms with Crippen LogP contribution in [0, 0.1) is 17.0 Å². The minimum atomic E-state index is -4.63. The fourth-order valence-electron chi connectivity index (χ4n) is 3.48. The predicted molar refractivity (Wildman–Crippen MR) is 141 cm³/mol. The number of nitrogens with one attached hydrogen (secondary N) is 1. The number of Topliss-reactive ketones (excluding diaryl/α,β-unsaturated/α-hetero) is 1. The normalized spacial score (nSPS) is 13.4. The molecule has 0 spiro atoms. The molecule has 0 aliphatic rings. The van der Waals surface area contributed by atoms with Gasteiger partial charge in [0, 0.05) is 16.5 Å². The molecular weight excluding hydrogens is 514 g/mol. The molecule has 0 aliphatic carbocycles. The lowest BCUT2D eigenvalue weighted by atomic mass is 9.96. The number of benzene rings is 3. The first-order valence-corrected chi connectivity index (χ1v) is 12.8. The topological polar surface area (TPSA) is 138 Å². The summed E-state index contributed by atoms with van der Waals surface area (Å²) in [6.07, 6.45) is 0. The zero-order chi connectivity index (χ0) is 27.8. The van der Waals surface area contributed by atoms with Crippen LogP contribution in [0.4, 0.5) is 8.78 Å². The number of nitrogens with zero attached hydrogens (tertiary/aromatic N) is 2. The third-order valence-corrected chi connectivity index (χ3v) is 6.95. The van der Waals surface area contributed by atoms with Crippen LogP contribution in [-0.2, 0) is 10.0 Å². The number of allylic oxidation sites excluding steroid dienone is 1. The van der Waals surface area contributed by atoms with Crippen molar-refractivity contribution in [2.24, 2.45) is 15.5 Å². The summed E-state index contributed by atoms with van der Waals surface area (Å²) in [7, 11) is -4.63. The minimum Gasteiger partial charge on any atom is -0.506 e. The number of nitrogens with two attached hydrogens (primary N) is 1. The Morgan fingerprint density at radius 1 is 1.00 bits per heavy atom. The lowest BCUT2D eigenvalue weighted by molar-refractivity contribution is 0.105. The van der Waals surface area contributed by atoms with Gasteiger partial charge < -0.3 is 15.8 Å². The van der Waals surface area contributed by atoms with E-state index in [4.69, 9.17) is 5.73 Å². The smallest absolute Gasteiger partial charge is 0.286 e. The number of imidazole rings is 1. The molecule has 0 unspecified atom stereocenters. The Hall–Kier alpha value is -4.38. The van der Waals surface area contributed by atoms with E-state index in [9.17, 15) is 27.1 Å². The number of para-hydroxylation sites is 2. The summed E-state index contributed by atoms with van der Waals surface area (Å²) in [4.78, 5) is 20.2. The zero-order valence-corrected chi connectivity index (χ0v) is 21.5. The summed E-state index contributed by atoms with van der Waals surface area (Å²) in [5.41, 5.74) is 5.33. The van der Waals surface area contributed by atoms with Crippen molar-refractivity contribution in [3.05, 3.63) is 95.3 Å². The molecule has 0 saturated carbocycles. The minimum absolute atomic E-state index is 0.0219. The van der Waals surface area contributed by atoms with Crippen LogP contribution in [0.25, 0.3) is 22.4 Å². The molecule has 3 aromatic carbocycles. The predicted octanol–water partition coefficient (Wildman–Crippen LogP) is 5.24. The Bertz CT molecular complexity index is 1700. The molecule has 4 rings (SSSR count). The third kappa shape index (κ3) is 5.32. The van der Waals surface area contributed by atoms with Gasteiger partial charge in [-0.3, -0.25) is 4.79 Å². The van der Waals surface area contributed by atoms with E-state index in [0.717, 1.165) is 24.3 Å². The molecule has 0 bridgehead atoms. The van der Waals surface area contributed by atoms with Crippen LogP contribution in [0.1, 0.15) is 42.5 Å². The Morgan fingerprint density at radius 2 is 1.71 bits per heavy atom. The first-order valence-electron chi connectivity index (χ1n) is 11.4. The van der Waals surface area contributed by atoms with Gasteiger partial charge >= 0.3 is 0 Å². The summed E-state index contributed by atoms with van der Waals surface area (Å²) >= 11 is 0. The maximum absolute atomic E-state index is 14.7. The fourth-order valence-corrected chi connectivity index (χ4v) is 4.70. The van der Waals surface area contributed by atoms with Crippen molar-refractivity contribution in [1.29, 1.82) is 0 Å². The molecule has 4 N–H and O–H groups in total. The van der Waals surface area contributed by atoms with E-state index >= 15 is 0 Å². The van der Waals surface area contributed by atoms with Crippen molar-refractivity contribution < 1.29 is 27.1 Å². The van der Waals surface area contributed by atoms with E-state index in [1.165, 1.54) is 18.2 Å². The quantitative estimate of drug-likeness (QED) is 0.101.